The van der Waals surface area contributed by atoms with Gasteiger partial charge < -0.3 is 0 Å². The first-order valence-corrected chi connectivity index (χ1v) is 11.8. The van der Waals surface area contributed by atoms with Gasteiger partial charge in [0.25, 0.3) is 0 Å². The number of rotatable bonds is 5. The van der Waals surface area contributed by atoms with E-state index in [1.807, 2.05) is 18.2 Å². The van der Waals surface area contributed by atoms with E-state index in [2.05, 4.69) is 36.4 Å². The molecule has 0 radical (unpaired) electrons. The van der Waals surface area contributed by atoms with E-state index in [0.717, 1.165) is 25.3 Å². The first-order chi connectivity index (χ1) is 14.4. The second-order valence-electron chi connectivity index (χ2n) is 7.69. The van der Waals surface area contributed by atoms with Crippen LogP contribution in [0, 0.1) is 11.7 Å². The molecule has 3 nitrogen and oxygen atoms in total. The summed E-state index contributed by atoms with van der Waals surface area (Å²) in [6, 6.07) is 22.4. The molecule has 1 aliphatic heterocycles. The minimum absolute atomic E-state index is 0.0452. The largest absolute Gasteiger partial charge is 0.243 e. The highest BCUT2D eigenvalue weighted by Gasteiger charge is 2.29. The summed E-state index contributed by atoms with van der Waals surface area (Å²) >= 11 is 5.76. The van der Waals surface area contributed by atoms with Crippen molar-refractivity contribution in [2.24, 2.45) is 5.92 Å². The van der Waals surface area contributed by atoms with Crippen LogP contribution in [-0.2, 0) is 16.4 Å². The Bertz CT molecular complexity index is 1110. The van der Waals surface area contributed by atoms with Gasteiger partial charge in [0.1, 0.15) is 5.82 Å². The minimum atomic E-state index is -3.65. The molecule has 1 heterocycles. The van der Waals surface area contributed by atoms with Gasteiger partial charge in [-0.05, 0) is 60.1 Å². The third kappa shape index (κ3) is 4.59. The van der Waals surface area contributed by atoms with E-state index < -0.39 is 15.8 Å². The summed E-state index contributed by atoms with van der Waals surface area (Å²) in [5, 5.41) is -0.176. The quantitative estimate of drug-likeness (QED) is 0.500. The highest BCUT2D eigenvalue weighted by atomic mass is 35.5. The van der Waals surface area contributed by atoms with Crippen LogP contribution in [0.25, 0.3) is 11.1 Å². The van der Waals surface area contributed by atoms with Crippen molar-refractivity contribution in [3.63, 3.8) is 0 Å². The number of hydrogen-bond acceptors (Lipinski definition) is 2. The standard InChI is InChI=1S/C24H23ClFNO2S/c25-23-17-22(10-11-24(23)26)30(28,29)27-14-12-19(13-15-27)16-18-6-8-21(9-7-18)20-4-2-1-3-5-20/h1-11,17,19H,12-16H2. The maximum Gasteiger partial charge on any atom is 0.243 e. The van der Waals surface area contributed by atoms with Gasteiger partial charge in [0.05, 0.1) is 9.92 Å². The summed E-state index contributed by atoms with van der Waals surface area (Å²) in [4.78, 5) is 0.0452. The van der Waals surface area contributed by atoms with Crippen LogP contribution in [-0.4, -0.2) is 25.8 Å². The summed E-state index contributed by atoms with van der Waals surface area (Å²) in [6.07, 6.45) is 2.54. The molecule has 156 valence electrons. The Morgan fingerprint density at radius 3 is 2.17 bits per heavy atom. The molecule has 0 atom stereocenters. The van der Waals surface area contributed by atoms with Gasteiger partial charge in [0.2, 0.25) is 10.0 Å². The zero-order valence-electron chi connectivity index (χ0n) is 16.5. The van der Waals surface area contributed by atoms with Gasteiger partial charge in [-0.2, -0.15) is 4.31 Å². The summed E-state index contributed by atoms with van der Waals surface area (Å²) in [7, 11) is -3.65. The van der Waals surface area contributed by atoms with Crippen molar-refractivity contribution in [3.05, 3.63) is 89.2 Å². The van der Waals surface area contributed by atoms with Crippen molar-refractivity contribution in [2.75, 3.05) is 13.1 Å². The summed E-state index contributed by atoms with van der Waals surface area (Å²) in [6.45, 7) is 0.925. The van der Waals surface area contributed by atoms with Crippen molar-refractivity contribution < 1.29 is 12.8 Å². The highest BCUT2D eigenvalue weighted by molar-refractivity contribution is 7.89. The van der Waals surface area contributed by atoms with Gasteiger partial charge >= 0.3 is 0 Å². The predicted molar refractivity (Wildman–Crippen MR) is 118 cm³/mol. The molecule has 3 aromatic carbocycles. The van der Waals surface area contributed by atoms with Crippen molar-refractivity contribution in [1.82, 2.24) is 4.31 Å². The van der Waals surface area contributed by atoms with E-state index in [-0.39, 0.29) is 9.92 Å². The molecule has 0 unspecified atom stereocenters. The van der Waals surface area contributed by atoms with Crippen LogP contribution in [0.3, 0.4) is 0 Å². The number of halogens is 2. The van der Waals surface area contributed by atoms with Crippen molar-refractivity contribution in [3.8, 4) is 11.1 Å². The van der Waals surface area contributed by atoms with E-state index in [4.69, 9.17) is 11.6 Å². The summed E-state index contributed by atoms with van der Waals surface area (Å²) in [5.74, 6) is -0.177. The average Bonchev–Trinajstić information content (AvgIpc) is 2.77. The monoisotopic (exact) mass is 443 g/mol. The molecule has 1 saturated heterocycles. The van der Waals surface area contributed by atoms with Crippen LogP contribution < -0.4 is 0 Å². The third-order valence-electron chi connectivity index (χ3n) is 5.69. The number of nitrogens with zero attached hydrogens (tertiary/aromatic N) is 1. The van der Waals surface area contributed by atoms with Crippen molar-refractivity contribution in [2.45, 2.75) is 24.2 Å². The Balaban J connectivity index is 1.37. The molecule has 6 heteroatoms. The second kappa shape index (κ2) is 8.88. The lowest BCUT2D eigenvalue weighted by atomic mass is 9.90. The molecule has 4 rings (SSSR count). The van der Waals surface area contributed by atoms with Gasteiger partial charge in [-0.15, -0.1) is 0 Å². The van der Waals surface area contributed by atoms with Crippen LogP contribution >= 0.6 is 11.6 Å². The van der Waals surface area contributed by atoms with Gasteiger partial charge in [-0.1, -0.05) is 66.2 Å². The maximum absolute atomic E-state index is 13.4. The molecule has 0 aromatic heterocycles. The van der Waals surface area contributed by atoms with Gasteiger partial charge in [0, 0.05) is 13.1 Å². The van der Waals surface area contributed by atoms with Crippen LogP contribution in [0.1, 0.15) is 18.4 Å². The normalized spacial score (nSPS) is 15.9. The fourth-order valence-electron chi connectivity index (χ4n) is 3.94. The zero-order chi connectivity index (χ0) is 21.1. The topological polar surface area (TPSA) is 37.4 Å². The number of piperidine rings is 1. The van der Waals surface area contributed by atoms with Crippen molar-refractivity contribution >= 4 is 21.6 Å². The number of hydrogen-bond donors (Lipinski definition) is 0. The molecule has 1 aliphatic rings. The van der Waals surface area contributed by atoms with E-state index in [1.54, 1.807) is 0 Å². The lowest BCUT2D eigenvalue weighted by molar-refractivity contribution is 0.273. The Morgan fingerprint density at radius 1 is 0.900 bits per heavy atom. The molecule has 0 aliphatic carbocycles. The van der Waals surface area contributed by atoms with Crippen LogP contribution in [0.5, 0.6) is 0 Å². The SMILES string of the molecule is O=S(=O)(c1ccc(F)c(Cl)c1)N1CCC(Cc2ccc(-c3ccccc3)cc2)CC1. The Morgan fingerprint density at radius 2 is 1.53 bits per heavy atom. The van der Waals surface area contributed by atoms with Crippen LogP contribution in [0.4, 0.5) is 4.39 Å². The van der Waals surface area contributed by atoms with Crippen molar-refractivity contribution in [1.29, 1.82) is 0 Å². The van der Waals surface area contributed by atoms with Gasteiger partial charge in [-0.25, -0.2) is 12.8 Å². The molecular weight excluding hydrogens is 421 g/mol. The molecule has 0 N–H and O–H groups in total. The van der Waals surface area contributed by atoms with E-state index in [9.17, 15) is 12.8 Å². The second-order valence-corrected chi connectivity index (χ2v) is 10.0. The van der Waals surface area contributed by atoms with Gasteiger partial charge in [-0.3, -0.25) is 0 Å². The first-order valence-electron chi connectivity index (χ1n) is 10.0. The molecule has 0 bridgehead atoms. The van der Waals surface area contributed by atoms with Crippen LogP contribution in [0.15, 0.2) is 77.7 Å². The summed E-state index contributed by atoms with van der Waals surface area (Å²) < 4.78 is 40.5. The molecule has 0 amide bonds. The molecule has 0 saturated carbocycles. The maximum atomic E-state index is 13.4. The molecular formula is C24H23ClFNO2S. The number of benzene rings is 3. The highest BCUT2D eigenvalue weighted by Crippen LogP contribution is 2.28. The molecule has 1 fully saturated rings. The summed E-state index contributed by atoms with van der Waals surface area (Å²) in [5.41, 5.74) is 3.66. The lowest BCUT2D eigenvalue weighted by Crippen LogP contribution is -2.38. The van der Waals surface area contributed by atoms with E-state index in [0.29, 0.717) is 19.0 Å². The number of sulfonamides is 1. The molecule has 3 aromatic rings. The Labute approximate surface area is 182 Å². The lowest BCUT2D eigenvalue weighted by Gasteiger charge is -2.31. The Kier molecular flexibility index (Phi) is 6.23. The average molecular weight is 444 g/mol. The zero-order valence-corrected chi connectivity index (χ0v) is 18.0. The Hall–Kier alpha value is -2.21. The van der Waals surface area contributed by atoms with E-state index >= 15 is 0 Å². The van der Waals surface area contributed by atoms with Gasteiger partial charge in [0.15, 0.2) is 0 Å². The fraction of sp³-hybridized carbons (Fsp3) is 0.250. The minimum Gasteiger partial charge on any atom is -0.207 e. The fourth-order valence-corrected chi connectivity index (χ4v) is 5.68. The third-order valence-corrected chi connectivity index (χ3v) is 7.87. The van der Waals surface area contributed by atoms with Crippen LogP contribution in [0.2, 0.25) is 5.02 Å². The smallest absolute Gasteiger partial charge is 0.207 e. The van der Waals surface area contributed by atoms with E-state index in [1.165, 1.54) is 33.1 Å². The first kappa shape index (κ1) is 21.0. The molecule has 0 spiro atoms. The molecule has 30 heavy (non-hydrogen) atoms. The predicted octanol–water partition coefficient (Wildman–Crippen LogP) is 5.79.